The second kappa shape index (κ2) is 10.1. The number of rotatable bonds is 7. The maximum atomic E-state index is 13.0. The number of fused-ring (bicyclic) bond motifs is 2. The molecule has 1 N–H and O–H groups in total. The van der Waals surface area contributed by atoms with E-state index in [1.165, 1.54) is 6.07 Å². The van der Waals surface area contributed by atoms with Crippen LogP contribution < -0.4 is 4.74 Å². The summed E-state index contributed by atoms with van der Waals surface area (Å²) in [5.41, 5.74) is 2.37. The number of piperazine rings is 1. The first kappa shape index (κ1) is 25.9. The Labute approximate surface area is 208 Å². The van der Waals surface area contributed by atoms with E-state index in [9.17, 15) is 23.1 Å². The minimum absolute atomic E-state index is 0.000175. The SMILES string of the molecule is [C-]#[N+]C[C@H](O)COc1ccc([C@H](C)N2C[C@@H]3C[C@H]2CN3C(=O)c2ccc(C(F)(F)F)nc2)c(C)c1C. The van der Waals surface area contributed by atoms with Crippen molar-refractivity contribution >= 4 is 5.91 Å². The molecule has 1 aromatic carbocycles. The van der Waals surface area contributed by atoms with Gasteiger partial charge in [0.1, 0.15) is 18.1 Å². The quantitative estimate of drug-likeness (QED) is 0.579. The molecule has 2 aliphatic heterocycles. The van der Waals surface area contributed by atoms with Crippen LogP contribution in [-0.4, -0.2) is 70.2 Å². The second-order valence-corrected chi connectivity index (χ2v) is 9.51. The molecule has 1 amide bonds. The van der Waals surface area contributed by atoms with E-state index in [2.05, 4.69) is 21.7 Å². The molecule has 3 heterocycles. The topological polar surface area (TPSA) is 70.3 Å². The number of aliphatic hydroxyl groups excluding tert-OH is 1. The van der Waals surface area contributed by atoms with E-state index in [0.29, 0.717) is 18.8 Å². The summed E-state index contributed by atoms with van der Waals surface area (Å²) >= 11 is 0. The van der Waals surface area contributed by atoms with Gasteiger partial charge in [-0.2, -0.15) is 13.2 Å². The lowest BCUT2D eigenvalue weighted by Gasteiger charge is -2.38. The summed E-state index contributed by atoms with van der Waals surface area (Å²) in [4.78, 5) is 23.7. The van der Waals surface area contributed by atoms with E-state index in [1.54, 1.807) is 4.90 Å². The van der Waals surface area contributed by atoms with Gasteiger partial charge in [-0.05, 0) is 62.1 Å². The van der Waals surface area contributed by atoms with E-state index in [4.69, 9.17) is 11.3 Å². The first-order valence-corrected chi connectivity index (χ1v) is 11.8. The van der Waals surface area contributed by atoms with Crippen molar-refractivity contribution in [1.29, 1.82) is 0 Å². The molecule has 4 rings (SSSR count). The fourth-order valence-corrected chi connectivity index (χ4v) is 5.22. The van der Waals surface area contributed by atoms with Gasteiger partial charge in [0.05, 0.1) is 5.56 Å². The molecule has 7 nitrogen and oxygen atoms in total. The van der Waals surface area contributed by atoms with Gasteiger partial charge < -0.3 is 19.6 Å². The van der Waals surface area contributed by atoms with Crippen molar-refractivity contribution in [3.05, 3.63) is 69.8 Å². The monoisotopic (exact) mass is 502 g/mol. The van der Waals surface area contributed by atoms with Gasteiger partial charge in [0.15, 0.2) is 6.10 Å². The third-order valence-electron chi connectivity index (χ3n) is 7.30. The number of nitrogens with zero attached hydrogens (tertiary/aromatic N) is 4. The number of amides is 1. The molecule has 2 aromatic rings. The van der Waals surface area contributed by atoms with E-state index < -0.39 is 18.0 Å². The average Bonchev–Trinajstić information content (AvgIpc) is 3.45. The van der Waals surface area contributed by atoms with Gasteiger partial charge in [0.25, 0.3) is 5.91 Å². The summed E-state index contributed by atoms with van der Waals surface area (Å²) in [5.74, 6) is 0.391. The van der Waals surface area contributed by atoms with Crippen LogP contribution in [0.2, 0.25) is 0 Å². The lowest BCUT2D eigenvalue weighted by atomic mass is 9.96. The number of carbonyl (C=O) groups is 1. The summed E-state index contributed by atoms with van der Waals surface area (Å²) in [6.45, 7) is 14.2. The molecule has 0 radical (unpaired) electrons. The van der Waals surface area contributed by atoms with Crippen molar-refractivity contribution in [2.45, 2.75) is 57.6 Å². The van der Waals surface area contributed by atoms with E-state index in [1.807, 2.05) is 26.0 Å². The molecule has 4 atom stereocenters. The number of pyridine rings is 1. The summed E-state index contributed by atoms with van der Waals surface area (Å²) in [5, 5.41) is 9.77. The van der Waals surface area contributed by atoms with Gasteiger partial charge in [0.2, 0.25) is 6.54 Å². The lowest BCUT2D eigenvalue weighted by Crippen LogP contribution is -2.49. The molecule has 36 heavy (non-hydrogen) atoms. The molecular formula is C26H29F3N4O3. The Morgan fingerprint density at radius 2 is 1.97 bits per heavy atom. The Morgan fingerprint density at radius 1 is 1.22 bits per heavy atom. The zero-order valence-corrected chi connectivity index (χ0v) is 20.4. The highest BCUT2D eigenvalue weighted by molar-refractivity contribution is 5.94. The summed E-state index contributed by atoms with van der Waals surface area (Å²) in [6, 6.07) is 6.22. The van der Waals surface area contributed by atoms with Crippen LogP contribution in [0.15, 0.2) is 30.5 Å². The predicted molar refractivity (Wildman–Crippen MR) is 126 cm³/mol. The maximum Gasteiger partial charge on any atom is 0.433 e. The highest BCUT2D eigenvalue weighted by Crippen LogP contribution is 2.39. The Balaban J connectivity index is 1.41. The number of carbonyl (C=O) groups excluding carboxylic acids is 1. The van der Waals surface area contributed by atoms with Gasteiger partial charge in [-0.25, -0.2) is 6.57 Å². The van der Waals surface area contributed by atoms with Crippen LogP contribution in [0.1, 0.15) is 52.1 Å². The Bertz CT molecular complexity index is 1160. The Kier molecular flexibility index (Phi) is 7.25. The molecule has 192 valence electrons. The highest BCUT2D eigenvalue weighted by atomic mass is 19.4. The maximum absolute atomic E-state index is 13.0. The predicted octanol–water partition coefficient (Wildman–Crippen LogP) is 4.04. The van der Waals surface area contributed by atoms with Crippen LogP contribution in [-0.2, 0) is 6.18 Å². The van der Waals surface area contributed by atoms with Crippen LogP contribution in [0.5, 0.6) is 5.75 Å². The molecule has 2 fully saturated rings. The summed E-state index contributed by atoms with van der Waals surface area (Å²) in [7, 11) is 0. The Hall–Kier alpha value is -3.16. The summed E-state index contributed by atoms with van der Waals surface area (Å²) < 4.78 is 44.1. The van der Waals surface area contributed by atoms with Crippen LogP contribution in [0.3, 0.4) is 0 Å². The fourth-order valence-electron chi connectivity index (χ4n) is 5.22. The molecule has 0 aliphatic carbocycles. The van der Waals surface area contributed by atoms with Crippen molar-refractivity contribution in [2.75, 3.05) is 26.2 Å². The zero-order chi connectivity index (χ0) is 26.2. The third-order valence-corrected chi connectivity index (χ3v) is 7.30. The van der Waals surface area contributed by atoms with Crippen molar-refractivity contribution in [2.24, 2.45) is 0 Å². The fraction of sp³-hybridized carbons (Fsp3) is 0.500. The molecule has 0 spiro atoms. The minimum atomic E-state index is -4.54. The van der Waals surface area contributed by atoms with E-state index in [-0.39, 0.29) is 42.7 Å². The molecule has 2 bridgehead atoms. The average molecular weight is 503 g/mol. The number of likely N-dealkylation sites (tertiary alicyclic amines) is 2. The van der Waals surface area contributed by atoms with Crippen LogP contribution in [0.25, 0.3) is 4.85 Å². The number of alkyl halides is 3. The zero-order valence-electron chi connectivity index (χ0n) is 20.4. The first-order chi connectivity index (χ1) is 17.0. The van der Waals surface area contributed by atoms with Gasteiger partial charge >= 0.3 is 6.18 Å². The van der Waals surface area contributed by atoms with Gasteiger partial charge in [-0.15, -0.1) is 0 Å². The number of aromatic nitrogens is 1. The number of hydrogen-bond donors (Lipinski definition) is 1. The number of ether oxygens (including phenoxy) is 1. The second-order valence-electron chi connectivity index (χ2n) is 9.51. The number of benzene rings is 1. The normalized spacial score (nSPS) is 21.3. The highest BCUT2D eigenvalue weighted by Gasteiger charge is 2.47. The largest absolute Gasteiger partial charge is 0.490 e. The molecule has 0 unspecified atom stereocenters. The molecule has 2 saturated heterocycles. The van der Waals surface area contributed by atoms with Crippen LogP contribution in [0.4, 0.5) is 13.2 Å². The summed E-state index contributed by atoms with van der Waals surface area (Å²) in [6.07, 6.45) is -3.54. The first-order valence-electron chi connectivity index (χ1n) is 11.8. The molecule has 1 aromatic heterocycles. The van der Waals surface area contributed by atoms with E-state index in [0.717, 1.165) is 35.4 Å². The molecule has 10 heteroatoms. The van der Waals surface area contributed by atoms with Gasteiger partial charge in [-0.3, -0.25) is 14.7 Å². The van der Waals surface area contributed by atoms with Crippen LogP contribution >= 0.6 is 0 Å². The van der Waals surface area contributed by atoms with Crippen molar-refractivity contribution in [1.82, 2.24) is 14.8 Å². The molecule has 2 aliphatic rings. The number of hydrogen-bond acceptors (Lipinski definition) is 5. The Morgan fingerprint density at radius 3 is 2.56 bits per heavy atom. The van der Waals surface area contributed by atoms with Crippen molar-refractivity contribution < 1.29 is 27.8 Å². The molecule has 0 saturated carbocycles. The standard InChI is InChI=1S/C26H29F3N4O3/c1-15-16(2)23(36-14-21(34)11-30-4)7-6-22(15)17(3)32-12-20-9-19(32)13-33(20)25(35)18-5-8-24(31-10-18)26(27,28)29/h5-8,10,17,19-21,34H,9,11-14H2,1-3H3/t17-,19-,20-,21-/m0/s1. The van der Waals surface area contributed by atoms with Gasteiger partial charge in [0, 0.05) is 37.4 Å². The number of aliphatic hydroxyl groups is 1. The van der Waals surface area contributed by atoms with Crippen molar-refractivity contribution in [3.63, 3.8) is 0 Å². The minimum Gasteiger partial charge on any atom is -0.490 e. The molecular weight excluding hydrogens is 473 g/mol. The van der Waals surface area contributed by atoms with Crippen LogP contribution in [0, 0.1) is 20.4 Å². The lowest BCUT2D eigenvalue weighted by molar-refractivity contribution is -0.141. The number of halogens is 3. The third kappa shape index (κ3) is 5.04. The van der Waals surface area contributed by atoms with Gasteiger partial charge in [-0.1, -0.05) is 6.07 Å². The van der Waals surface area contributed by atoms with Crippen molar-refractivity contribution in [3.8, 4) is 5.75 Å². The van der Waals surface area contributed by atoms with E-state index >= 15 is 0 Å². The smallest absolute Gasteiger partial charge is 0.433 e.